The molecule has 2 aromatic rings. The van der Waals surface area contributed by atoms with Crippen LogP contribution >= 0.6 is 0 Å². The van der Waals surface area contributed by atoms with Gasteiger partial charge in [0.15, 0.2) is 5.75 Å². The van der Waals surface area contributed by atoms with E-state index in [-0.39, 0.29) is 0 Å². The van der Waals surface area contributed by atoms with Crippen LogP contribution in [0.4, 0.5) is 5.69 Å². The summed E-state index contributed by atoms with van der Waals surface area (Å²) in [6.45, 7) is 1.02. The number of benzene rings is 1. The molecule has 3 nitrogen and oxygen atoms in total. The SMILES string of the molecule is c1cc2c(c(Oc3ccc4c(n3)CCC4)c1)NCCC2. The number of fused-ring (bicyclic) bond motifs is 2. The second-order valence-electron chi connectivity index (χ2n) is 5.53. The zero-order chi connectivity index (χ0) is 13.4. The molecule has 0 fully saturated rings. The summed E-state index contributed by atoms with van der Waals surface area (Å²) in [4.78, 5) is 4.65. The zero-order valence-corrected chi connectivity index (χ0v) is 11.5. The summed E-state index contributed by atoms with van der Waals surface area (Å²) in [5.41, 5.74) is 5.07. The first kappa shape index (κ1) is 11.8. The average molecular weight is 266 g/mol. The number of pyridine rings is 1. The van der Waals surface area contributed by atoms with Crippen molar-refractivity contribution in [2.24, 2.45) is 0 Å². The Labute approximate surface area is 119 Å². The quantitative estimate of drug-likeness (QED) is 0.899. The van der Waals surface area contributed by atoms with Gasteiger partial charge in [0.25, 0.3) is 0 Å². The van der Waals surface area contributed by atoms with Gasteiger partial charge in [-0.25, -0.2) is 4.98 Å². The van der Waals surface area contributed by atoms with Crippen LogP contribution in [0.15, 0.2) is 30.3 Å². The molecule has 1 aliphatic heterocycles. The zero-order valence-electron chi connectivity index (χ0n) is 11.5. The Morgan fingerprint density at radius 1 is 0.950 bits per heavy atom. The maximum absolute atomic E-state index is 6.03. The molecule has 0 spiro atoms. The number of rotatable bonds is 2. The summed E-state index contributed by atoms with van der Waals surface area (Å²) in [7, 11) is 0. The standard InChI is InChI=1S/C17H18N2O/c1-4-12-9-10-16(19-14(12)7-1)20-15-8-2-5-13-6-3-11-18-17(13)15/h2,5,8-10,18H,1,3-4,6-7,11H2. The topological polar surface area (TPSA) is 34.1 Å². The Balaban J connectivity index is 1.66. The first-order chi connectivity index (χ1) is 9.90. The molecule has 0 radical (unpaired) electrons. The first-order valence-corrected chi connectivity index (χ1v) is 7.42. The van der Waals surface area contributed by atoms with Crippen LogP contribution in [-0.2, 0) is 19.3 Å². The fraction of sp³-hybridized carbons (Fsp3) is 0.353. The maximum atomic E-state index is 6.03. The van der Waals surface area contributed by atoms with Gasteiger partial charge in [-0.2, -0.15) is 0 Å². The average Bonchev–Trinajstić information content (AvgIpc) is 2.95. The molecule has 0 atom stereocenters. The molecule has 1 aromatic heterocycles. The normalized spacial score (nSPS) is 16.2. The maximum Gasteiger partial charge on any atom is 0.219 e. The van der Waals surface area contributed by atoms with Crippen LogP contribution in [0.3, 0.4) is 0 Å². The summed E-state index contributed by atoms with van der Waals surface area (Å²) in [5, 5.41) is 3.45. The summed E-state index contributed by atoms with van der Waals surface area (Å²) in [6, 6.07) is 10.4. The minimum atomic E-state index is 0.714. The van der Waals surface area contributed by atoms with Crippen molar-refractivity contribution in [3.8, 4) is 11.6 Å². The number of ether oxygens (including phenoxy) is 1. The van der Waals surface area contributed by atoms with E-state index >= 15 is 0 Å². The molecule has 20 heavy (non-hydrogen) atoms. The smallest absolute Gasteiger partial charge is 0.219 e. The molecule has 2 aliphatic rings. The van der Waals surface area contributed by atoms with Gasteiger partial charge in [-0.1, -0.05) is 18.2 Å². The van der Waals surface area contributed by atoms with Crippen LogP contribution in [0.25, 0.3) is 0 Å². The highest BCUT2D eigenvalue weighted by atomic mass is 16.5. The molecule has 1 aliphatic carbocycles. The van der Waals surface area contributed by atoms with Crippen molar-refractivity contribution in [2.45, 2.75) is 32.1 Å². The van der Waals surface area contributed by atoms with Gasteiger partial charge in [0, 0.05) is 18.3 Å². The molecule has 3 heteroatoms. The molecule has 4 rings (SSSR count). The van der Waals surface area contributed by atoms with Gasteiger partial charge >= 0.3 is 0 Å². The fourth-order valence-corrected chi connectivity index (χ4v) is 3.13. The Hall–Kier alpha value is -2.03. The number of para-hydroxylation sites is 1. The Bertz CT molecular complexity index is 651. The second-order valence-corrected chi connectivity index (χ2v) is 5.53. The molecule has 0 bridgehead atoms. The molecule has 0 unspecified atom stereocenters. The molecule has 0 saturated carbocycles. The van der Waals surface area contributed by atoms with Crippen molar-refractivity contribution in [2.75, 3.05) is 11.9 Å². The molecule has 0 amide bonds. The molecule has 0 saturated heterocycles. The summed E-state index contributed by atoms with van der Waals surface area (Å²) >= 11 is 0. The Morgan fingerprint density at radius 2 is 1.90 bits per heavy atom. The number of nitrogens with one attached hydrogen (secondary N) is 1. The van der Waals surface area contributed by atoms with Crippen LogP contribution in [0, 0.1) is 0 Å². The van der Waals surface area contributed by atoms with Gasteiger partial charge in [-0.15, -0.1) is 0 Å². The predicted molar refractivity (Wildman–Crippen MR) is 79.6 cm³/mol. The van der Waals surface area contributed by atoms with Gasteiger partial charge in [0.1, 0.15) is 0 Å². The van der Waals surface area contributed by atoms with E-state index in [0.717, 1.165) is 37.2 Å². The van der Waals surface area contributed by atoms with Crippen molar-refractivity contribution >= 4 is 5.69 Å². The largest absolute Gasteiger partial charge is 0.437 e. The molecular weight excluding hydrogens is 248 g/mol. The Morgan fingerprint density at radius 3 is 2.90 bits per heavy atom. The minimum Gasteiger partial charge on any atom is -0.437 e. The summed E-state index contributed by atoms with van der Waals surface area (Å²) < 4.78 is 6.03. The molecule has 1 N–H and O–H groups in total. The monoisotopic (exact) mass is 266 g/mol. The highest BCUT2D eigenvalue weighted by Crippen LogP contribution is 2.35. The van der Waals surface area contributed by atoms with Gasteiger partial charge in [0.2, 0.25) is 5.88 Å². The summed E-state index contributed by atoms with van der Waals surface area (Å²) in [6.07, 6.45) is 5.77. The lowest BCUT2D eigenvalue weighted by atomic mass is 10.0. The van der Waals surface area contributed by atoms with Crippen molar-refractivity contribution in [3.63, 3.8) is 0 Å². The van der Waals surface area contributed by atoms with Crippen molar-refractivity contribution in [3.05, 3.63) is 47.2 Å². The van der Waals surface area contributed by atoms with Crippen LogP contribution < -0.4 is 10.1 Å². The second kappa shape index (κ2) is 4.82. The van der Waals surface area contributed by atoms with Crippen molar-refractivity contribution < 1.29 is 4.74 Å². The van der Waals surface area contributed by atoms with Crippen LogP contribution in [0.2, 0.25) is 0 Å². The van der Waals surface area contributed by atoms with E-state index in [4.69, 9.17) is 4.74 Å². The third-order valence-corrected chi connectivity index (χ3v) is 4.15. The highest BCUT2D eigenvalue weighted by Gasteiger charge is 2.16. The van der Waals surface area contributed by atoms with Gasteiger partial charge in [-0.3, -0.25) is 0 Å². The number of hydrogen-bond donors (Lipinski definition) is 1. The van der Waals surface area contributed by atoms with Crippen LogP contribution in [-0.4, -0.2) is 11.5 Å². The molecular formula is C17H18N2O. The summed E-state index contributed by atoms with van der Waals surface area (Å²) in [5.74, 6) is 1.61. The number of aryl methyl sites for hydroxylation is 3. The molecule has 102 valence electrons. The van der Waals surface area contributed by atoms with E-state index in [9.17, 15) is 0 Å². The van der Waals surface area contributed by atoms with Crippen LogP contribution in [0.5, 0.6) is 11.6 Å². The molecule has 2 heterocycles. The fourth-order valence-electron chi connectivity index (χ4n) is 3.13. The highest BCUT2D eigenvalue weighted by molar-refractivity contribution is 5.64. The lowest BCUT2D eigenvalue weighted by molar-refractivity contribution is 0.461. The number of anilines is 1. The predicted octanol–water partition coefficient (Wildman–Crippen LogP) is 3.72. The van der Waals surface area contributed by atoms with Gasteiger partial charge < -0.3 is 10.1 Å². The third-order valence-electron chi connectivity index (χ3n) is 4.15. The first-order valence-electron chi connectivity index (χ1n) is 7.42. The number of aromatic nitrogens is 1. The van der Waals surface area contributed by atoms with Gasteiger partial charge in [-0.05, 0) is 49.3 Å². The van der Waals surface area contributed by atoms with Crippen molar-refractivity contribution in [1.29, 1.82) is 0 Å². The van der Waals surface area contributed by atoms with E-state index in [0.29, 0.717) is 5.88 Å². The van der Waals surface area contributed by atoms with E-state index in [2.05, 4.69) is 28.5 Å². The van der Waals surface area contributed by atoms with Crippen LogP contribution in [0.1, 0.15) is 29.7 Å². The van der Waals surface area contributed by atoms with E-state index in [1.54, 1.807) is 0 Å². The van der Waals surface area contributed by atoms with E-state index in [1.807, 2.05) is 12.1 Å². The van der Waals surface area contributed by atoms with E-state index < -0.39 is 0 Å². The van der Waals surface area contributed by atoms with Gasteiger partial charge in [0.05, 0.1) is 5.69 Å². The molecule has 1 aromatic carbocycles. The van der Waals surface area contributed by atoms with Crippen molar-refractivity contribution in [1.82, 2.24) is 4.98 Å². The number of hydrogen-bond acceptors (Lipinski definition) is 3. The minimum absolute atomic E-state index is 0.714. The number of nitrogens with zero attached hydrogens (tertiary/aromatic N) is 1. The lowest BCUT2D eigenvalue weighted by Crippen LogP contribution is -2.12. The lowest BCUT2D eigenvalue weighted by Gasteiger charge is -2.20. The third kappa shape index (κ3) is 2.03. The Kier molecular flexibility index (Phi) is 2.84. The van der Waals surface area contributed by atoms with E-state index in [1.165, 1.54) is 29.7 Å².